The molecule has 2 aromatic rings. The molecule has 2 rings (SSSR count). The highest BCUT2D eigenvalue weighted by Gasteiger charge is 2.22. The van der Waals surface area contributed by atoms with E-state index in [-0.39, 0.29) is 5.97 Å². The molecule has 1 aromatic carbocycles. The molecule has 1 unspecified atom stereocenters. The second kappa shape index (κ2) is 8.46. The molecule has 0 fully saturated rings. The van der Waals surface area contributed by atoms with E-state index >= 15 is 0 Å². The van der Waals surface area contributed by atoms with Gasteiger partial charge in [0.05, 0.1) is 0 Å². The van der Waals surface area contributed by atoms with Crippen LogP contribution in [0.15, 0.2) is 42.6 Å². The van der Waals surface area contributed by atoms with E-state index in [0.29, 0.717) is 42.5 Å². The van der Waals surface area contributed by atoms with E-state index in [1.165, 1.54) is 6.20 Å². The zero-order chi connectivity index (χ0) is 18.3. The zero-order valence-electron chi connectivity index (χ0n) is 14.4. The number of benzene rings is 1. The van der Waals surface area contributed by atoms with Crippen LogP contribution in [0.5, 0.6) is 11.5 Å². The van der Waals surface area contributed by atoms with Gasteiger partial charge >= 0.3 is 5.97 Å². The third-order valence-electron chi connectivity index (χ3n) is 3.53. The minimum absolute atomic E-state index is 0.280. The molecule has 0 radical (unpaired) electrons. The maximum atomic E-state index is 11.2. The number of pyridine rings is 1. The number of aliphatic hydroxyl groups is 1. The molecule has 0 amide bonds. The molecule has 7 nitrogen and oxygen atoms in total. The summed E-state index contributed by atoms with van der Waals surface area (Å²) >= 11 is 0. The summed E-state index contributed by atoms with van der Waals surface area (Å²) in [6, 6.07) is 10.1. The van der Waals surface area contributed by atoms with E-state index in [2.05, 4.69) is 10.3 Å². The fraction of sp³-hybridized carbons (Fsp3) is 0.333. The summed E-state index contributed by atoms with van der Waals surface area (Å²) < 4.78 is 10.7. The van der Waals surface area contributed by atoms with E-state index in [0.717, 1.165) is 0 Å². The van der Waals surface area contributed by atoms with E-state index in [4.69, 9.17) is 15.2 Å². The van der Waals surface area contributed by atoms with Crippen LogP contribution in [0.1, 0.15) is 25.8 Å². The highest BCUT2D eigenvalue weighted by molar-refractivity contribution is 5.71. The van der Waals surface area contributed by atoms with E-state index < -0.39 is 5.72 Å². The number of carbonyl (C=O) groups is 1. The fourth-order valence-corrected chi connectivity index (χ4v) is 2.07. The Hall–Kier alpha value is -2.64. The molecule has 4 N–H and O–H groups in total. The molecule has 134 valence electrons. The van der Waals surface area contributed by atoms with Gasteiger partial charge in [-0.25, -0.2) is 4.98 Å². The van der Waals surface area contributed by atoms with Crippen LogP contribution >= 0.6 is 0 Å². The first kappa shape index (κ1) is 18.7. The maximum absolute atomic E-state index is 11.2. The monoisotopic (exact) mass is 345 g/mol. The first-order chi connectivity index (χ1) is 11.9. The minimum atomic E-state index is -1.23. The van der Waals surface area contributed by atoms with Crippen LogP contribution in [-0.2, 0) is 10.5 Å². The number of aromatic nitrogens is 1. The Labute approximate surface area is 146 Å². The van der Waals surface area contributed by atoms with Crippen LogP contribution in [0.2, 0.25) is 0 Å². The van der Waals surface area contributed by atoms with Crippen molar-refractivity contribution in [3.05, 3.63) is 48.2 Å². The van der Waals surface area contributed by atoms with Crippen molar-refractivity contribution in [2.24, 2.45) is 0 Å². The second-order valence-corrected chi connectivity index (χ2v) is 5.62. The average Bonchev–Trinajstić information content (AvgIpc) is 2.60. The SMILES string of the molecule is CCC(=O)Oc1ccc(OCCNC(C)(O)c2ccc(N)nc2)cc1. The summed E-state index contributed by atoms with van der Waals surface area (Å²) in [6.07, 6.45) is 1.85. The number of nitrogen functional groups attached to an aromatic ring is 1. The summed E-state index contributed by atoms with van der Waals surface area (Å²) in [6.45, 7) is 4.15. The number of carbonyl (C=O) groups excluding carboxylic acids is 1. The molecule has 0 aliphatic carbocycles. The summed E-state index contributed by atoms with van der Waals surface area (Å²) in [5.74, 6) is 1.25. The smallest absolute Gasteiger partial charge is 0.310 e. The molecule has 1 heterocycles. The van der Waals surface area contributed by atoms with Gasteiger partial charge in [-0.05, 0) is 43.3 Å². The quantitative estimate of drug-likeness (QED) is 0.290. The molecule has 25 heavy (non-hydrogen) atoms. The predicted octanol–water partition coefficient (Wildman–Crippen LogP) is 1.81. The number of ether oxygens (including phenoxy) is 2. The van der Waals surface area contributed by atoms with Gasteiger partial charge in [0.25, 0.3) is 0 Å². The lowest BCUT2D eigenvalue weighted by molar-refractivity contribution is -0.134. The number of rotatable bonds is 8. The third-order valence-corrected chi connectivity index (χ3v) is 3.53. The van der Waals surface area contributed by atoms with Crippen molar-refractivity contribution in [3.63, 3.8) is 0 Å². The Morgan fingerprint density at radius 1 is 1.24 bits per heavy atom. The van der Waals surface area contributed by atoms with Gasteiger partial charge in [0, 0.05) is 24.7 Å². The summed E-state index contributed by atoms with van der Waals surface area (Å²) in [5, 5.41) is 13.4. The normalized spacial score (nSPS) is 13.1. The molecule has 0 spiro atoms. The van der Waals surface area contributed by atoms with Gasteiger partial charge < -0.3 is 20.3 Å². The third kappa shape index (κ3) is 5.74. The summed E-state index contributed by atoms with van der Waals surface area (Å²) in [4.78, 5) is 15.2. The first-order valence-corrected chi connectivity index (χ1v) is 8.03. The highest BCUT2D eigenvalue weighted by Crippen LogP contribution is 2.19. The van der Waals surface area contributed by atoms with Gasteiger partial charge in [-0.1, -0.05) is 6.92 Å². The largest absolute Gasteiger partial charge is 0.492 e. The lowest BCUT2D eigenvalue weighted by Gasteiger charge is -2.25. The van der Waals surface area contributed by atoms with E-state index in [9.17, 15) is 9.90 Å². The van der Waals surface area contributed by atoms with Crippen molar-refractivity contribution >= 4 is 11.8 Å². The van der Waals surface area contributed by atoms with Crippen molar-refractivity contribution in [2.45, 2.75) is 26.0 Å². The molecule has 0 saturated heterocycles. The van der Waals surface area contributed by atoms with Crippen molar-refractivity contribution in [3.8, 4) is 11.5 Å². The van der Waals surface area contributed by atoms with Crippen molar-refractivity contribution in [1.82, 2.24) is 10.3 Å². The van der Waals surface area contributed by atoms with Crippen LogP contribution in [-0.4, -0.2) is 29.2 Å². The van der Waals surface area contributed by atoms with Gasteiger partial charge in [0.15, 0.2) is 0 Å². The van der Waals surface area contributed by atoms with E-state index in [1.807, 2.05) is 0 Å². The fourth-order valence-electron chi connectivity index (χ4n) is 2.07. The standard InChI is InChI=1S/C18H23N3O4/c1-3-17(22)25-15-7-5-14(6-8-15)24-11-10-21-18(2,23)13-4-9-16(19)20-12-13/h4-9,12,21,23H,3,10-11H2,1-2H3,(H2,19,20). The van der Waals surface area contributed by atoms with Gasteiger partial charge in [-0.3, -0.25) is 10.1 Å². The van der Waals surface area contributed by atoms with Gasteiger partial charge in [-0.15, -0.1) is 0 Å². The van der Waals surface area contributed by atoms with Gasteiger partial charge in [0.2, 0.25) is 0 Å². The number of nitrogens with zero attached hydrogens (tertiary/aromatic N) is 1. The number of nitrogens with two attached hydrogens (primary N) is 1. The number of hydrogen-bond donors (Lipinski definition) is 3. The van der Waals surface area contributed by atoms with Gasteiger partial charge in [-0.2, -0.15) is 0 Å². The van der Waals surface area contributed by atoms with Crippen LogP contribution in [0.3, 0.4) is 0 Å². The Balaban J connectivity index is 1.78. The Kier molecular flexibility index (Phi) is 6.32. The maximum Gasteiger partial charge on any atom is 0.310 e. The zero-order valence-corrected chi connectivity index (χ0v) is 14.4. The number of nitrogens with one attached hydrogen (secondary N) is 1. The second-order valence-electron chi connectivity index (χ2n) is 5.62. The lowest BCUT2D eigenvalue weighted by Crippen LogP contribution is -2.41. The predicted molar refractivity (Wildman–Crippen MR) is 94.1 cm³/mol. The van der Waals surface area contributed by atoms with Crippen LogP contribution in [0.25, 0.3) is 0 Å². The van der Waals surface area contributed by atoms with E-state index in [1.54, 1.807) is 50.2 Å². The minimum Gasteiger partial charge on any atom is -0.492 e. The Bertz CT molecular complexity index is 684. The average molecular weight is 345 g/mol. The van der Waals surface area contributed by atoms with Crippen LogP contribution < -0.4 is 20.5 Å². The van der Waals surface area contributed by atoms with Crippen LogP contribution in [0.4, 0.5) is 5.82 Å². The molecular formula is C18H23N3O4. The van der Waals surface area contributed by atoms with Crippen molar-refractivity contribution in [1.29, 1.82) is 0 Å². The number of hydrogen-bond acceptors (Lipinski definition) is 7. The first-order valence-electron chi connectivity index (χ1n) is 8.03. The van der Waals surface area contributed by atoms with Crippen molar-refractivity contribution < 1.29 is 19.4 Å². The Morgan fingerprint density at radius 3 is 2.52 bits per heavy atom. The highest BCUT2D eigenvalue weighted by atomic mass is 16.5. The molecule has 1 aromatic heterocycles. The molecule has 0 aliphatic rings. The topological polar surface area (TPSA) is 107 Å². The lowest BCUT2D eigenvalue weighted by atomic mass is 10.1. The van der Waals surface area contributed by atoms with Gasteiger partial charge in [0.1, 0.15) is 29.6 Å². The Morgan fingerprint density at radius 2 is 1.92 bits per heavy atom. The van der Waals surface area contributed by atoms with Crippen molar-refractivity contribution in [2.75, 3.05) is 18.9 Å². The molecule has 0 aliphatic heterocycles. The summed E-state index contributed by atoms with van der Waals surface area (Å²) in [7, 11) is 0. The molecule has 1 atom stereocenters. The number of anilines is 1. The molecular weight excluding hydrogens is 322 g/mol. The molecule has 0 saturated carbocycles. The molecule has 7 heteroatoms. The molecule has 0 bridgehead atoms. The number of esters is 1. The van der Waals surface area contributed by atoms with Crippen LogP contribution in [0, 0.1) is 0 Å². The summed E-state index contributed by atoms with van der Waals surface area (Å²) in [5.41, 5.74) is 4.92.